The van der Waals surface area contributed by atoms with Crippen molar-refractivity contribution in [2.24, 2.45) is 5.92 Å². The highest BCUT2D eigenvalue weighted by molar-refractivity contribution is 6.33. The average Bonchev–Trinajstić information content (AvgIpc) is 3.32. The number of piperidine rings is 1. The Morgan fingerprint density at radius 2 is 2.09 bits per heavy atom. The standard InChI is InChI=1S/C26H26ClN5O2/c1-34-20-8-4-6-18(14-20)16-29-26(33)19-7-5-12-31(17-19)25-24-15-23(30-32(24)13-11-28-25)21-9-2-3-10-22(21)27/h2-4,6,8-11,13-15,19H,5,7,12,16-17H2,1H3,(H,29,33). The predicted octanol–water partition coefficient (Wildman–Crippen LogP) is 4.59. The molecule has 0 saturated carbocycles. The van der Waals surface area contributed by atoms with Gasteiger partial charge < -0.3 is 15.0 Å². The Balaban J connectivity index is 1.32. The summed E-state index contributed by atoms with van der Waals surface area (Å²) in [6.07, 6.45) is 5.36. The van der Waals surface area contributed by atoms with Crippen LogP contribution in [0.2, 0.25) is 5.02 Å². The monoisotopic (exact) mass is 475 g/mol. The van der Waals surface area contributed by atoms with Crippen LogP contribution in [0.3, 0.4) is 0 Å². The van der Waals surface area contributed by atoms with Crippen LogP contribution in [0, 0.1) is 5.92 Å². The number of halogens is 1. The lowest BCUT2D eigenvalue weighted by Gasteiger charge is -2.33. The van der Waals surface area contributed by atoms with Gasteiger partial charge in [-0.1, -0.05) is 41.9 Å². The number of methoxy groups -OCH3 is 1. The number of benzene rings is 2. The lowest BCUT2D eigenvalue weighted by atomic mass is 9.97. The van der Waals surface area contributed by atoms with Gasteiger partial charge in [0.1, 0.15) is 11.3 Å². The molecule has 7 nitrogen and oxygen atoms in total. The first-order chi connectivity index (χ1) is 16.6. The summed E-state index contributed by atoms with van der Waals surface area (Å²) >= 11 is 6.39. The third-order valence-corrected chi connectivity index (χ3v) is 6.54. The third kappa shape index (κ3) is 4.56. The zero-order valence-corrected chi connectivity index (χ0v) is 19.7. The first-order valence-corrected chi connectivity index (χ1v) is 11.7. The molecule has 1 unspecified atom stereocenters. The molecule has 1 saturated heterocycles. The number of nitrogens with zero attached hydrogens (tertiary/aromatic N) is 4. The van der Waals surface area contributed by atoms with Crippen LogP contribution in [0.15, 0.2) is 67.0 Å². The maximum absolute atomic E-state index is 13.0. The first kappa shape index (κ1) is 22.2. The minimum atomic E-state index is -0.104. The average molecular weight is 476 g/mol. The van der Waals surface area contributed by atoms with Crippen LogP contribution in [-0.4, -0.2) is 40.7 Å². The van der Waals surface area contributed by atoms with Crippen LogP contribution < -0.4 is 15.0 Å². The highest BCUT2D eigenvalue weighted by Gasteiger charge is 2.28. The Labute approximate surface area is 203 Å². The van der Waals surface area contributed by atoms with Crippen LogP contribution in [0.1, 0.15) is 18.4 Å². The maximum atomic E-state index is 13.0. The fourth-order valence-electron chi connectivity index (χ4n) is 4.45. The molecular weight excluding hydrogens is 450 g/mol. The molecule has 174 valence electrons. The normalized spacial score (nSPS) is 15.9. The molecule has 1 fully saturated rings. The second-order valence-corrected chi connectivity index (χ2v) is 8.85. The summed E-state index contributed by atoms with van der Waals surface area (Å²) in [6, 6.07) is 17.4. The lowest BCUT2D eigenvalue weighted by molar-refractivity contribution is -0.125. The van der Waals surface area contributed by atoms with E-state index in [1.165, 1.54) is 0 Å². The van der Waals surface area contributed by atoms with E-state index in [0.717, 1.165) is 53.3 Å². The van der Waals surface area contributed by atoms with Crippen molar-refractivity contribution in [3.05, 3.63) is 77.6 Å². The van der Waals surface area contributed by atoms with E-state index in [0.29, 0.717) is 18.1 Å². The lowest BCUT2D eigenvalue weighted by Crippen LogP contribution is -2.43. The predicted molar refractivity (Wildman–Crippen MR) is 133 cm³/mol. The second kappa shape index (κ2) is 9.73. The molecule has 1 aliphatic rings. The zero-order valence-electron chi connectivity index (χ0n) is 18.9. The SMILES string of the molecule is COc1cccc(CNC(=O)C2CCCN(c3nccn4nc(-c5ccccc5Cl)cc34)C2)c1. The van der Waals surface area contributed by atoms with Gasteiger partial charge >= 0.3 is 0 Å². The smallest absolute Gasteiger partial charge is 0.225 e. The molecule has 8 heteroatoms. The van der Waals surface area contributed by atoms with E-state index in [9.17, 15) is 4.79 Å². The molecule has 0 bridgehead atoms. The van der Waals surface area contributed by atoms with E-state index in [-0.39, 0.29) is 11.8 Å². The van der Waals surface area contributed by atoms with Crippen molar-refractivity contribution in [2.45, 2.75) is 19.4 Å². The van der Waals surface area contributed by atoms with Gasteiger partial charge in [0.05, 0.1) is 23.7 Å². The summed E-state index contributed by atoms with van der Waals surface area (Å²) in [4.78, 5) is 19.8. The van der Waals surface area contributed by atoms with Crippen molar-refractivity contribution in [1.82, 2.24) is 19.9 Å². The number of nitrogens with one attached hydrogen (secondary N) is 1. The maximum Gasteiger partial charge on any atom is 0.225 e. The van der Waals surface area contributed by atoms with E-state index < -0.39 is 0 Å². The topological polar surface area (TPSA) is 71.8 Å². The summed E-state index contributed by atoms with van der Waals surface area (Å²) in [6.45, 7) is 1.94. The number of ether oxygens (including phenoxy) is 1. The van der Waals surface area contributed by atoms with Crippen LogP contribution in [0.25, 0.3) is 16.8 Å². The molecule has 5 rings (SSSR count). The Morgan fingerprint density at radius 1 is 1.21 bits per heavy atom. The molecule has 0 aliphatic carbocycles. The number of hydrogen-bond acceptors (Lipinski definition) is 5. The molecule has 3 heterocycles. The summed E-state index contributed by atoms with van der Waals surface area (Å²) in [5, 5.41) is 8.45. The van der Waals surface area contributed by atoms with Gasteiger partial charge in [-0.25, -0.2) is 9.50 Å². The number of aromatic nitrogens is 3. The number of carbonyl (C=O) groups is 1. The zero-order chi connectivity index (χ0) is 23.5. The van der Waals surface area contributed by atoms with Gasteiger partial charge in [-0.3, -0.25) is 4.79 Å². The van der Waals surface area contributed by atoms with E-state index in [1.54, 1.807) is 13.3 Å². The number of fused-ring (bicyclic) bond motifs is 1. The highest BCUT2D eigenvalue weighted by Crippen LogP contribution is 2.31. The fraction of sp³-hybridized carbons (Fsp3) is 0.269. The summed E-state index contributed by atoms with van der Waals surface area (Å²) in [5.74, 6) is 1.57. The Morgan fingerprint density at radius 3 is 2.94 bits per heavy atom. The number of hydrogen-bond donors (Lipinski definition) is 1. The molecule has 1 N–H and O–H groups in total. The van der Waals surface area contributed by atoms with Crippen molar-refractivity contribution < 1.29 is 9.53 Å². The van der Waals surface area contributed by atoms with Crippen LogP contribution in [0.5, 0.6) is 5.75 Å². The van der Waals surface area contributed by atoms with Crippen LogP contribution in [0.4, 0.5) is 5.82 Å². The molecule has 1 aliphatic heterocycles. The number of rotatable bonds is 6. The molecule has 1 amide bonds. The molecule has 4 aromatic rings. The Bertz CT molecular complexity index is 1320. The Hall–Kier alpha value is -3.58. The largest absolute Gasteiger partial charge is 0.497 e. The first-order valence-electron chi connectivity index (χ1n) is 11.4. The van der Waals surface area contributed by atoms with Gasteiger partial charge in [0.25, 0.3) is 0 Å². The van der Waals surface area contributed by atoms with E-state index in [1.807, 2.05) is 65.3 Å². The van der Waals surface area contributed by atoms with Crippen molar-refractivity contribution in [3.63, 3.8) is 0 Å². The van der Waals surface area contributed by atoms with Gasteiger partial charge in [-0.2, -0.15) is 5.10 Å². The number of anilines is 1. The van der Waals surface area contributed by atoms with Crippen LogP contribution >= 0.6 is 11.6 Å². The van der Waals surface area contributed by atoms with Crippen LogP contribution in [-0.2, 0) is 11.3 Å². The minimum Gasteiger partial charge on any atom is -0.497 e. The van der Waals surface area contributed by atoms with Gasteiger partial charge in [0, 0.05) is 37.6 Å². The van der Waals surface area contributed by atoms with Gasteiger partial charge in [-0.15, -0.1) is 0 Å². The van der Waals surface area contributed by atoms with Crippen molar-refractivity contribution >= 4 is 28.8 Å². The minimum absolute atomic E-state index is 0.0599. The van der Waals surface area contributed by atoms with Crippen molar-refractivity contribution in [2.75, 3.05) is 25.1 Å². The molecule has 0 spiro atoms. The van der Waals surface area contributed by atoms with Gasteiger partial charge in [-0.05, 0) is 42.7 Å². The summed E-state index contributed by atoms with van der Waals surface area (Å²) in [7, 11) is 1.64. The fourth-order valence-corrected chi connectivity index (χ4v) is 4.68. The van der Waals surface area contributed by atoms with Crippen molar-refractivity contribution in [3.8, 4) is 17.0 Å². The quantitative estimate of drug-likeness (QED) is 0.441. The number of amides is 1. The number of carbonyl (C=O) groups excluding carboxylic acids is 1. The molecule has 2 aromatic carbocycles. The molecule has 2 aromatic heterocycles. The van der Waals surface area contributed by atoms with E-state index in [4.69, 9.17) is 21.4 Å². The van der Waals surface area contributed by atoms with Gasteiger partial charge in [0.2, 0.25) is 5.91 Å². The molecular formula is C26H26ClN5O2. The molecule has 34 heavy (non-hydrogen) atoms. The van der Waals surface area contributed by atoms with E-state index in [2.05, 4.69) is 15.2 Å². The summed E-state index contributed by atoms with van der Waals surface area (Å²) < 4.78 is 7.10. The summed E-state index contributed by atoms with van der Waals surface area (Å²) in [5.41, 5.74) is 3.59. The van der Waals surface area contributed by atoms with Gasteiger partial charge in [0.15, 0.2) is 5.82 Å². The van der Waals surface area contributed by atoms with Crippen molar-refractivity contribution in [1.29, 1.82) is 0 Å². The Kier molecular flexibility index (Phi) is 6.36. The molecule has 1 atom stereocenters. The molecule has 0 radical (unpaired) electrons. The van der Waals surface area contributed by atoms with E-state index >= 15 is 0 Å². The third-order valence-electron chi connectivity index (χ3n) is 6.21. The highest BCUT2D eigenvalue weighted by atomic mass is 35.5. The second-order valence-electron chi connectivity index (χ2n) is 8.44.